The van der Waals surface area contributed by atoms with Gasteiger partial charge in [0.05, 0.1) is 25.4 Å². The van der Waals surface area contributed by atoms with Crippen molar-refractivity contribution >= 4 is 35.9 Å². The van der Waals surface area contributed by atoms with Crippen molar-refractivity contribution in [1.82, 2.24) is 10.2 Å². The van der Waals surface area contributed by atoms with Crippen LogP contribution in [-0.4, -0.2) is 145 Å². The fourth-order valence-electron chi connectivity index (χ4n) is 12.3. The van der Waals surface area contributed by atoms with Gasteiger partial charge in [0.15, 0.2) is 12.6 Å². The van der Waals surface area contributed by atoms with Gasteiger partial charge in [-0.2, -0.15) is 0 Å². The third-order valence-corrected chi connectivity index (χ3v) is 18.9. The van der Waals surface area contributed by atoms with Crippen molar-refractivity contribution in [1.29, 1.82) is 0 Å². The van der Waals surface area contributed by atoms with Crippen LogP contribution in [0.2, 0.25) is 0 Å². The van der Waals surface area contributed by atoms with E-state index in [2.05, 4.69) is 58.7 Å². The highest BCUT2D eigenvalue weighted by Crippen LogP contribution is 2.26. The maximum atomic E-state index is 14.1. The number of ether oxygens (including phenoxy) is 10. The summed E-state index contributed by atoms with van der Waals surface area (Å²) in [5.74, 6) is -2.43. The summed E-state index contributed by atoms with van der Waals surface area (Å²) in [4.78, 5) is 84.7. The molecular formula is C81H152N2O16. The monoisotopic (exact) mass is 1410 g/mol. The van der Waals surface area contributed by atoms with Crippen molar-refractivity contribution in [3.8, 4) is 0 Å². The van der Waals surface area contributed by atoms with Crippen LogP contribution in [0.5, 0.6) is 0 Å². The Balaban J connectivity index is 3.53. The molecule has 0 saturated carbocycles. The predicted octanol–water partition coefficient (Wildman–Crippen LogP) is 20.1. The molecule has 0 aromatic rings. The van der Waals surface area contributed by atoms with E-state index in [4.69, 9.17) is 47.4 Å². The van der Waals surface area contributed by atoms with E-state index in [0.717, 1.165) is 187 Å². The molecule has 0 bridgehead atoms. The van der Waals surface area contributed by atoms with E-state index in [9.17, 15) is 28.8 Å². The molecule has 1 aliphatic heterocycles. The SMILES string of the molecule is CCCCCCCCOC(CCC(=O)OCC(COC(=O)CCCCCCOC(=O)C(CCCC)CCCCCC)(COC(=O)CCC(CCCCCC)OC(=O)NCCN1CCCC1)COC(=O)CCC(OCCCCCCCC)OCCCCCCCC)OCCCCCCCC. The first kappa shape index (κ1) is 93.4. The molecule has 18 nitrogen and oxygen atoms in total. The first-order chi connectivity index (χ1) is 48.4. The number of carbonyl (C=O) groups is 6. The number of carbonyl (C=O) groups excluding carboxylic acids is 6. The van der Waals surface area contributed by atoms with Crippen LogP contribution in [0.4, 0.5) is 4.79 Å². The van der Waals surface area contributed by atoms with Crippen LogP contribution in [0.25, 0.3) is 0 Å². The minimum atomic E-state index is -1.53. The van der Waals surface area contributed by atoms with E-state index < -0.39 is 80.5 Å². The average molecular weight is 1410 g/mol. The predicted molar refractivity (Wildman–Crippen MR) is 397 cm³/mol. The van der Waals surface area contributed by atoms with Crippen LogP contribution < -0.4 is 5.32 Å². The molecule has 18 heteroatoms. The molecule has 1 fully saturated rings. The number of esters is 5. The van der Waals surface area contributed by atoms with Gasteiger partial charge < -0.3 is 57.6 Å². The van der Waals surface area contributed by atoms with E-state index in [1.807, 2.05) is 0 Å². The molecule has 582 valence electrons. The number of hydrogen-bond donors (Lipinski definition) is 1. The summed E-state index contributed by atoms with van der Waals surface area (Å²) >= 11 is 0. The van der Waals surface area contributed by atoms with Gasteiger partial charge in [-0.15, -0.1) is 0 Å². The summed E-state index contributed by atoms with van der Waals surface area (Å²) in [6.07, 6.45) is 42.5. The zero-order valence-electron chi connectivity index (χ0n) is 64.8. The second-order valence-corrected chi connectivity index (χ2v) is 28.5. The summed E-state index contributed by atoms with van der Waals surface area (Å²) in [7, 11) is 0. The van der Waals surface area contributed by atoms with E-state index in [0.29, 0.717) is 65.3 Å². The maximum Gasteiger partial charge on any atom is 0.407 e. The Morgan fingerprint density at radius 2 is 0.677 bits per heavy atom. The normalized spacial score (nSPS) is 13.3. The molecule has 2 atom stereocenters. The number of nitrogens with one attached hydrogen (secondary N) is 1. The molecule has 1 N–H and O–H groups in total. The molecule has 1 heterocycles. The van der Waals surface area contributed by atoms with Crippen LogP contribution in [0, 0.1) is 11.3 Å². The summed E-state index contributed by atoms with van der Waals surface area (Å²) in [5.41, 5.74) is -1.53. The lowest BCUT2D eigenvalue weighted by Crippen LogP contribution is -2.44. The van der Waals surface area contributed by atoms with Crippen molar-refractivity contribution < 1.29 is 76.1 Å². The van der Waals surface area contributed by atoms with E-state index in [1.165, 1.54) is 83.5 Å². The van der Waals surface area contributed by atoms with Gasteiger partial charge in [0.25, 0.3) is 0 Å². The van der Waals surface area contributed by atoms with Crippen LogP contribution in [-0.2, 0) is 71.3 Å². The maximum absolute atomic E-state index is 14.1. The Bertz CT molecular complexity index is 1790. The Kier molecular flexibility index (Phi) is 65.0. The number of alkyl carbamates (subject to hydrolysis) is 1. The lowest BCUT2D eigenvalue weighted by molar-refractivity contribution is -0.175. The third kappa shape index (κ3) is 57.5. The van der Waals surface area contributed by atoms with Gasteiger partial charge >= 0.3 is 35.9 Å². The zero-order chi connectivity index (χ0) is 72.2. The second-order valence-electron chi connectivity index (χ2n) is 28.5. The number of likely N-dealkylation sites (tertiary alicyclic amines) is 1. The van der Waals surface area contributed by atoms with Crippen LogP contribution >= 0.6 is 0 Å². The molecule has 0 aliphatic carbocycles. The summed E-state index contributed by atoms with van der Waals surface area (Å²) in [6.45, 7) is 19.3. The largest absolute Gasteiger partial charge is 0.465 e. The standard InChI is InChI=1S/C81H152N2O16/c1-8-15-22-28-33-43-62-90-77(91-63-44-34-29-23-16-9-2)56-54-75(86)97-69-81(67-95-73(84)51-40-32-37-47-66-94-79(88)71(48-21-14-7)49-38-26-19-12-5,68-96-74(85)53-52-72(50-39-27-20-13-6)99-80(89)82-58-61-83-59-41-42-60-83)70-98-76(87)55-57-78(92-64-45-35-30-24-17-10-3)93-65-46-36-31-25-18-11-4/h71-72,77-78H,8-70H2,1-7H3,(H,82,89). The average Bonchev–Trinajstić information content (AvgIpc) is 0.964. The number of amides is 1. The van der Waals surface area contributed by atoms with Crippen molar-refractivity contribution in [3.63, 3.8) is 0 Å². The molecule has 2 unspecified atom stereocenters. The van der Waals surface area contributed by atoms with E-state index in [-0.39, 0.29) is 56.8 Å². The van der Waals surface area contributed by atoms with Crippen molar-refractivity contribution in [3.05, 3.63) is 0 Å². The lowest BCUT2D eigenvalue weighted by atomic mass is 9.92. The zero-order valence-corrected chi connectivity index (χ0v) is 64.8. The lowest BCUT2D eigenvalue weighted by Gasteiger charge is -2.32. The molecule has 1 rings (SSSR count). The first-order valence-electron chi connectivity index (χ1n) is 41.3. The fourth-order valence-corrected chi connectivity index (χ4v) is 12.3. The van der Waals surface area contributed by atoms with Crippen molar-refractivity contribution in [2.24, 2.45) is 11.3 Å². The summed E-state index contributed by atoms with van der Waals surface area (Å²) < 4.78 is 61.2. The Labute approximate surface area is 604 Å². The van der Waals surface area contributed by atoms with Crippen LogP contribution in [0.1, 0.15) is 370 Å². The van der Waals surface area contributed by atoms with E-state index in [1.54, 1.807) is 0 Å². The van der Waals surface area contributed by atoms with E-state index >= 15 is 0 Å². The quantitative estimate of drug-likeness (QED) is 0.0260. The van der Waals surface area contributed by atoms with Gasteiger partial charge in [-0.05, 0) is 96.6 Å². The highest BCUT2D eigenvalue weighted by atomic mass is 16.7. The molecule has 0 aromatic carbocycles. The number of rotatable bonds is 74. The molecule has 1 amide bonds. The number of hydrogen-bond acceptors (Lipinski definition) is 17. The van der Waals surface area contributed by atoms with Crippen LogP contribution in [0.15, 0.2) is 0 Å². The molecule has 1 saturated heterocycles. The molecule has 0 radical (unpaired) electrons. The topological polar surface area (TPSA) is 210 Å². The Morgan fingerprint density at radius 3 is 1.09 bits per heavy atom. The van der Waals surface area contributed by atoms with Crippen molar-refractivity contribution in [2.75, 3.05) is 85.6 Å². The second kappa shape index (κ2) is 68.8. The smallest absolute Gasteiger partial charge is 0.407 e. The third-order valence-electron chi connectivity index (χ3n) is 18.9. The highest BCUT2D eigenvalue weighted by Gasteiger charge is 2.38. The van der Waals surface area contributed by atoms with Gasteiger partial charge in [0.2, 0.25) is 0 Å². The van der Waals surface area contributed by atoms with Gasteiger partial charge in [0.1, 0.15) is 37.9 Å². The van der Waals surface area contributed by atoms with Gasteiger partial charge in [-0.1, -0.05) is 248 Å². The number of unbranched alkanes of at least 4 members (excludes halogenated alkanes) is 30. The van der Waals surface area contributed by atoms with Crippen molar-refractivity contribution in [2.45, 2.75) is 388 Å². The molecular weight excluding hydrogens is 1260 g/mol. The van der Waals surface area contributed by atoms with Crippen LogP contribution in [0.3, 0.4) is 0 Å². The Hall–Kier alpha value is -3.58. The van der Waals surface area contributed by atoms with Gasteiger partial charge in [0, 0.05) is 65.2 Å². The minimum absolute atomic E-state index is 0.0465. The number of nitrogens with zero attached hydrogens (tertiary/aromatic N) is 1. The van der Waals surface area contributed by atoms with Gasteiger partial charge in [-0.3, -0.25) is 24.0 Å². The summed E-state index contributed by atoms with van der Waals surface area (Å²) in [6, 6.07) is 0. The minimum Gasteiger partial charge on any atom is -0.465 e. The van der Waals surface area contributed by atoms with Gasteiger partial charge in [-0.25, -0.2) is 4.79 Å². The molecule has 0 aromatic heterocycles. The molecule has 99 heavy (non-hydrogen) atoms. The Morgan fingerprint density at radius 1 is 0.343 bits per heavy atom. The molecule has 1 aliphatic rings. The first-order valence-corrected chi connectivity index (χ1v) is 41.3. The fraction of sp³-hybridized carbons (Fsp3) is 0.926. The highest BCUT2D eigenvalue weighted by molar-refractivity contribution is 5.73. The summed E-state index contributed by atoms with van der Waals surface area (Å²) in [5, 5.41) is 2.91. The molecule has 0 spiro atoms.